The van der Waals surface area contributed by atoms with Gasteiger partial charge < -0.3 is 5.73 Å². The van der Waals surface area contributed by atoms with E-state index in [1.807, 2.05) is 0 Å². The van der Waals surface area contributed by atoms with Crippen LogP contribution in [0.1, 0.15) is 58.8 Å². The van der Waals surface area contributed by atoms with E-state index >= 15 is 0 Å². The molecule has 0 bridgehead atoms. The second-order valence-corrected chi connectivity index (χ2v) is 6.95. The Morgan fingerprint density at radius 1 is 1.10 bits per heavy atom. The summed E-state index contributed by atoms with van der Waals surface area (Å²) in [6.07, 6.45) is 0.785. The summed E-state index contributed by atoms with van der Waals surface area (Å²) in [4.78, 5) is 0. The van der Waals surface area contributed by atoms with Crippen LogP contribution in [-0.4, -0.2) is 35.4 Å². The monoisotopic (exact) mass is 307 g/mol. The lowest BCUT2D eigenvalue weighted by atomic mass is 9.76. The molecule has 2 aliphatic rings. The number of rotatable bonds is 3. The number of nitrogens with two attached hydrogens (primary N) is 1. The van der Waals surface area contributed by atoms with Crippen LogP contribution in [0.25, 0.3) is 0 Å². The zero-order valence-electron chi connectivity index (χ0n) is 13.0. The summed E-state index contributed by atoms with van der Waals surface area (Å²) >= 11 is 0. The summed E-state index contributed by atoms with van der Waals surface area (Å²) in [6, 6.07) is 0.829. The molecule has 0 aromatic carbocycles. The van der Waals surface area contributed by atoms with Crippen molar-refractivity contribution in [2.24, 2.45) is 11.7 Å². The van der Waals surface area contributed by atoms with Crippen LogP contribution in [0.4, 0.5) is 13.2 Å². The number of piperidine rings is 1. The topological polar surface area (TPSA) is 41.3 Å². The maximum Gasteiger partial charge on any atom is 0.391 e. The van der Waals surface area contributed by atoms with Gasteiger partial charge in [-0.15, -0.1) is 0 Å². The molecule has 2 rings (SSSR count). The van der Waals surface area contributed by atoms with Crippen LogP contribution in [0.15, 0.2) is 0 Å². The maximum atomic E-state index is 12.8. The number of hydrogen-bond donors (Lipinski definition) is 2. The minimum atomic E-state index is -4.06. The van der Waals surface area contributed by atoms with Crippen molar-refractivity contribution in [2.75, 3.05) is 6.54 Å². The van der Waals surface area contributed by atoms with Gasteiger partial charge in [-0.1, -0.05) is 6.42 Å². The van der Waals surface area contributed by atoms with Crippen molar-refractivity contribution >= 4 is 0 Å². The van der Waals surface area contributed by atoms with Gasteiger partial charge in [0.1, 0.15) is 0 Å². The fraction of sp³-hybridized carbons (Fsp3) is 1.00. The average Bonchev–Trinajstić information content (AvgIpc) is 2.43. The Labute approximate surface area is 125 Å². The van der Waals surface area contributed by atoms with Gasteiger partial charge in [-0.25, -0.2) is 10.4 Å². The second kappa shape index (κ2) is 6.42. The lowest BCUT2D eigenvalue weighted by Gasteiger charge is -2.48. The van der Waals surface area contributed by atoms with Crippen molar-refractivity contribution in [3.63, 3.8) is 0 Å². The molecule has 1 heterocycles. The first-order valence-electron chi connectivity index (χ1n) is 8.10. The van der Waals surface area contributed by atoms with Crippen molar-refractivity contribution in [3.05, 3.63) is 0 Å². The molecule has 1 saturated heterocycles. The zero-order chi connectivity index (χ0) is 15.7. The number of alkyl halides is 3. The van der Waals surface area contributed by atoms with E-state index in [1.165, 1.54) is 6.42 Å². The molecule has 0 aromatic heterocycles. The van der Waals surface area contributed by atoms with E-state index in [9.17, 15) is 13.2 Å². The van der Waals surface area contributed by atoms with Crippen molar-refractivity contribution in [3.8, 4) is 0 Å². The summed E-state index contributed by atoms with van der Waals surface area (Å²) in [5, 5.41) is 2.24. The standard InChI is InChI=1S/C15H28F3N3/c1-11-4-3-5-12(2)21(11)20-14(10-19)8-6-13(7-9-14)15(16,17)18/h11-13,20H,3-10,19H2,1-2H3. The highest BCUT2D eigenvalue weighted by molar-refractivity contribution is 4.96. The normalized spacial score (nSPS) is 39.4. The summed E-state index contributed by atoms with van der Waals surface area (Å²) in [5.74, 6) is -1.16. The van der Waals surface area contributed by atoms with Crippen LogP contribution in [0.3, 0.4) is 0 Å². The smallest absolute Gasteiger partial charge is 0.329 e. The Morgan fingerprint density at radius 2 is 1.62 bits per heavy atom. The van der Waals surface area contributed by atoms with Crippen LogP contribution in [0.5, 0.6) is 0 Å². The van der Waals surface area contributed by atoms with Gasteiger partial charge in [0, 0.05) is 24.2 Å². The first-order valence-corrected chi connectivity index (χ1v) is 8.10. The third-order valence-corrected chi connectivity index (χ3v) is 5.36. The number of hydrazine groups is 1. The second-order valence-electron chi connectivity index (χ2n) is 6.95. The van der Waals surface area contributed by atoms with Gasteiger partial charge in [-0.05, 0) is 52.4 Å². The highest BCUT2D eigenvalue weighted by Crippen LogP contribution is 2.41. The van der Waals surface area contributed by atoms with Gasteiger partial charge in [0.05, 0.1) is 5.92 Å². The molecule has 1 aliphatic carbocycles. The molecule has 124 valence electrons. The van der Waals surface area contributed by atoms with E-state index in [-0.39, 0.29) is 18.4 Å². The Hall–Kier alpha value is -0.330. The van der Waals surface area contributed by atoms with Crippen LogP contribution < -0.4 is 11.2 Å². The Balaban J connectivity index is 2.00. The number of hydrogen-bond acceptors (Lipinski definition) is 3. The van der Waals surface area contributed by atoms with Gasteiger partial charge in [0.2, 0.25) is 0 Å². The minimum absolute atomic E-state index is 0.185. The average molecular weight is 307 g/mol. The number of nitrogens with one attached hydrogen (secondary N) is 1. The van der Waals surface area contributed by atoms with E-state index in [2.05, 4.69) is 24.3 Å². The molecule has 2 unspecified atom stereocenters. The summed E-state index contributed by atoms with van der Waals surface area (Å²) < 4.78 is 38.5. The van der Waals surface area contributed by atoms with Crippen LogP contribution in [0.2, 0.25) is 0 Å². The molecule has 0 aromatic rings. The molecule has 3 N–H and O–H groups in total. The molecule has 21 heavy (non-hydrogen) atoms. The first-order chi connectivity index (χ1) is 9.77. The number of halogens is 3. The molecule has 1 saturated carbocycles. The molecular formula is C15H28F3N3. The summed E-state index contributed by atoms with van der Waals surface area (Å²) in [5.41, 5.74) is 9.10. The molecule has 0 spiro atoms. The number of nitrogens with zero attached hydrogens (tertiary/aromatic N) is 1. The Bertz CT molecular complexity index is 328. The molecule has 2 atom stereocenters. The van der Waals surface area contributed by atoms with Gasteiger partial charge >= 0.3 is 6.18 Å². The van der Waals surface area contributed by atoms with Crippen molar-refractivity contribution in [2.45, 2.75) is 82.6 Å². The van der Waals surface area contributed by atoms with E-state index in [0.717, 1.165) is 12.8 Å². The van der Waals surface area contributed by atoms with E-state index < -0.39 is 12.1 Å². The Morgan fingerprint density at radius 3 is 2.05 bits per heavy atom. The predicted octanol–water partition coefficient (Wildman–Crippen LogP) is 3.20. The highest BCUT2D eigenvalue weighted by Gasteiger charge is 2.46. The minimum Gasteiger partial charge on any atom is -0.329 e. The fourth-order valence-electron chi connectivity index (χ4n) is 3.77. The van der Waals surface area contributed by atoms with Crippen molar-refractivity contribution in [1.29, 1.82) is 0 Å². The maximum absolute atomic E-state index is 12.8. The third kappa shape index (κ3) is 3.90. The zero-order valence-corrected chi connectivity index (χ0v) is 13.0. The third-order valence-electron chi connectivity index (χ3n) is 5.36. The van der Waals surface area contributed by atoms with Crippen LogP contribution in [-0.2, 0) is 0 Å². The van der Waals surface area contributed by atoms with E-state index in [1.54, 1.807) is 0 Å². The Kier molecular flexibility index (Phi) is 5.21. The molecule has 0 radical (unpaired) electrons. The SMILES string of the molecule is CC1CCCC(C)N1NC1(CN)CCC(C(F)(F)F)CC1. The summed E-state index contributed by atoms with van der Waals surface area (Å²) in [7, 11) is 0. The first kappa shape index (κ1) is 17.0. The van der Waals surface area contributed by atoms with E-state index in [0.29, 0.717) is 31.5 Å². The lowest BCUT2D eigenvalue weighted by Crippen LogP contribution is -2.64. The summed E-state index contributed by atoms with van der Waals surface area (Å²) in [6.45, 7) is 4.75. The van der Waals surface area contributed by atoms with E-state index in [4.69, 9.17) is 5.73 Å². The molecular weight excluding hydrogens is 279 g/mol. The molecule has 6 heteroatoms. The molecule has 0 amide bonds. The molecule has 3 nitrogen and oxygen atoms in total. The van der Waals surface area contributed by atoms with Gasteiger partial charge in [0.25, 0.3) is 0 Å². The predicted molar refractivity (Wildman–Crippen MR) is 77.5 cm³/mol. The van der Waals surface area contributed by atoms with Gasteiger partial charge in [-0.3, -0.25) is 0 Å². The van der Waals surface area contributed by atoms with Gasteiger partial charge in [-0.2, -0.15) is 13.2 Å². The molecule has 2 fully saturated rings. The molecule has 1 aliphatic heterocycles. The van der Waals surface area contributed by atoms with Gasteiger partial charge in [0.15, 0.2) is 0 Å². The van der Waals surface area contributed by atoms with Crippen LogP contribution in [0, 0.1) is 5.92 Å². The highest BCUT2D eigenvalue weighted by atomic mass is 19.4. The van der Waals surface area contributed by atoms with Crippen LogP contribution >= 0.6 is 0 Å². The van der Waals surface area contributed by atoms with Crippen molar-refractivity contribution < 1.29 is 13.2 Å². The van der Waals surface area contributed by atoms with Crippen molar-refractivity contribution in [1.82, 2.24) is 10.4 Å². The largest absolute Gasteiger partial charge is 0.391 e. The fourth-order valence-corrected chi connectivity index (χ4v) is 3.77. The lowest BCUT2D eigenvalue weighted by molar-refractivity contribution is -0.187. The quantitative estimate of drug-likeness (QED) is 0.841.